The van der Waals surface area contributed by atoms with Gasteiger partial charge in [0.1, 0.15) is 31.8 Å². The zero-order valence-electron chi connectivity index (χ0n) is 26.2. The molecule has 6 aromatic carbocycles. The summed E-state index contributed by atoms with van der Waals surface area (Å²) in [6.07, 6.45) is -0.280. The van der Waals surface area contributed by atoms with Gasteiger partial charge in [-0.05, 0) is 86.6 Å². The first kappa shape index (κ1) is 31.4. The summed E-state index contributed by atoms with van der Waals surface area (Å²) in [7, 11) is -4.77. The Morgan fingerprint density at radius 2 is 0.630 bits per heavy atom. The molecule has 0 aliphatic heterocycles. The summed E-state index contributed by atoms with van der Waals surface area (Å²) in [5, 5.41) is 6.89. The third-order valence-corrected chi connectivity index (χ3v) is 16.6. The summed E-state index contributed by atoms with van der Waals surface area (Å²) in [5.41, 5.74) is 2.36. The van der Waals surface area contributed by atoms with Crippen LogP contribution in [-0.4, -0.2) is 18.9 Å². The van der Waals surface area contributed by atoms with Crippen LogP contribution in [0.4, 0.5) is 4.79 Å². The zero-order chi connectivity index (χ0) is 31.8. The number of carbonyl (C=O) groups is 1. The predicted octanol–water partition coefficient (Wildman–Crippen LogP) is 7.66. The largest absolute Gasteiger partial charge is 0.514 e. The summed E-state index contributed by atoms with van der Waals surface area (Å²) in [6, 6.07) is 59.0. The molecular weight excluding hydrogens is 602 g/mol. The average molecular weight is 641 g/mol. The number of rotatable bonds is 10. The fraction of sp³-hybridized carbons (Fsp3) is 0.0976. The van der Waals surface area contributed by atoms with E-state index in [0.29, 0.717) is 0 Å². The van der Waals surface area contributed by atoms with E-state index in [-0.39, 0.29) is 12.7 Å². The monoisotopic (exact) mass is 640 g/mol. The molecule has 0 N–H and O–H groups in total. The molecule has 0 aliphatic carbocycles. The van der Waals surface area contributed by atoms with Crippen molar-refractivity contribution in [2.45, 2.75) is 13.8 Å². The Hall–Kier alpha value is -4.55. The third kappa shape index (κ3) is 6.40. The number of benzene rings is 6. The van der Waals surface area contributed by atoms with Crippen molar-refractivity contribution in [2.24, 2.45) is 0 Å². The third-order valence-electron chi connectivity index (χ3n) is 8.49. The number of aryl methyl sites for hydroxylation is 2. The maximum absolute atomic E-state index is 13.8. The Bertz CT molecular complexity index is 1630. The van der Waals surface area contributed by atoms with Crippen molar-refractivity contribution in [3.63, 3.8) is 0 Å². The Labute approximate surface area is 273 Å². The molecule has 0 bridgehead atoms. The van der Waals surface area contributed by atoms with E-state index in [2.05, 4.69) is 159 Å². The standard InChI is InChI=1S/C41H38O3P2/c1-33-23-27-39(28-24-33)45(35-15-7-3-8-16-35,36-17-9-4-10-18-36)31-43-41(42)44-32-46(37-19-11-5-12-20-37,38-21-13-6-14-22-38)40-29-25-34(2)26-30-40/h3-30H,31-32H2,1-2H3/q+2. The molecule has 6 rings (SSSR count). The van der Waals surface area contributed by atoms with Gasteiger partial charge in [-0.3, -0.25) is 0 Å². The minimum atomic E-state index is -2.38. The average Bonchev–Trinajstić information content (AvgIpc) is 3.12. The number of hydrogen-bond acceptors (Lipinski definition) is 3. The van der Waals surface area contributed by atoms with Gasteiger partial charge in [0.2, 0.25) is 12.7 Å². The van der Waals surface area contributed by atoms with Crippen molar-refractivity contribution in [1.82, 2.24) is 0 Å². The van der Waals surface area contributed by atoms with Gasteiger partial charge in [0.15, 0.2) is 14.5 Å². The highest BCUT2D eigenvalue weighted by Gasteiger charge is 2.49. The molecular formula is C41H38O3P2+2. The molecule has 0 aliphatic rings. The van der Waals surface area contributed by atoms with Crippen LogP contribution < -0.4 is 31.8 Å². The lowest BCUT2D eigenvalue weighted by Crippen LogP contribution is -2.36. The minimum Gasteiger partial charge on any atom is -0.397 e. The van der Waals surface area contributed by atoms with E-state index in [1.165, 1.54) is 11.1 Å². The Kier molecular flexibility index (Phi) is 9.74. The van der Waals surface area contributed by atoms with Crippen molar-refractivity contribution < 1.29 is 14.3 Å². The Morgan fingerprint density at radius 1 is 0.391 bits per heavy atom. The molecule has 228 valence electrons. The Morgan fingerprint density at radius 3 is 0.891 bits per heavy atom. The molecule has 0 atom stereocenters. The van der Waals surface area contributed by atoms with Crippen LogP contribution in [0.2, 0.25) is 0 Å². The summed E-state index contributed by atoms with van der Waals surface area (Å²) < 4.78 is 12.5. The van der Waals surface area contributed by atoms with Crippen molar-refractivity contribution in [1.29, 1.82) is 0 Å². The van der Waals surface area contributed by atoms with Crippen molar-refractivity contribution in [2.75, 3.05) is 12.7 Å². The van der Waals surface area contributed by atoms with Crippen LogP contribution in [-0.2, 0) is 9.47 Å². The summed E-state index contributed by atoms with van der Waals surface area (Å²) in [6.45, 7) is 4.18. The molecule has 5 heteroatoms. The van der Waals surface area contributed by atoms with Gasteiger partial charge in [-0.2, -0.15) is 0 Å². The lowest BCUT2D eigenvalue weighted by molar-refractivity contribution is 0.0818. The molecule has 0 saturated heterocycles. The number of hydrogen-bond donors (Lipinski definition) is 0. The van der Waals surface area contributed by atoms with E-state index >= 15 is 0 Å². The van der Waals surface area contributed by atoms with E-state index in [4.69, 9.17) is 9.47 Å². The number of ether oxygens (including phenoxy) is 2. The van der Waals surface area contributed by atoms with Crippen molar-refractivity contribution in [3.8, 4) is 0 Å². The normalized spacial score (nSPS) is 11.5. The highest BCUT2D eigenvalue weighted by atomic mass is 31.2. The van der Waals surface area contributed by atoms with Crippen molar-refractivity contribution in [3.05, 3.63) is 181 Å². The second-order valence-electron chi connectivity index (χ2n) is 11.4. The van der Waals surface area contributed by atoms with Crippen LogP contribution >= 0.6 is 14.5 Å². The van der Waals surface area contributed by atoms with Gasteiger partial charge < -0.3 is 9.47 Å². The van der Waals surface area contributed by atoms with E-state index in [9.17, 15) is 4.79 Å². The highest BCUT2D eigenvalue weighted by Crippen LogP contribution is 2.57. The molecule has 0 heterocycles. The second-order valence-corrected chi connectivity index (χ2v) is 18.3. The van der Waals surface area contributed by atoms with Gasteiger partial charge in [-0.25, -0.2) is 4.79 Å². The van der Waals surface area contributed by atoms with Crippen LogP contribution in [0.25, 0.3) is 0 Å². The molecule has 0 saturated carbocycles. The summed E-state index contributed by atoms with van der Waals surface area (Å²) in [4.78, 5) is 13.8. The molecule has 3 nitrogen and oxygen atoms in total. The SMILES string of the molecule is Cc1ccc([P+](COC(=O)OC[P+](c2ccccc2)(c2ccccc2)c2ccc(C)cc2)(c2ccccc2)c2ccccc2)cc1. The van der Waals surface area contributed by atoms with E-state index in [0.717, 1.165) is 31.8 Å². The molecule has 0 fully saturated rings. The van der Waals surface area contributed by atoms with Gasteiger partial charge >= 0.3 is 6.16 Å². The van der Waals surface area contributed by atoms with Crippen molar-refractivity contribution >= 4 is 52.5 Å². The molecule has 0 spiro atoms. The van der Waals surface area contributed by atoms with Crippen LogP contribution in [0.15, 0.2) is 170 Å². The van der Waals surface area contributed by atoms with Crippen LogP contribution in [0.3, 0.4) is 0 Å². The molecule has 0 aromatic heterocycles. The van der Waals surface area contributed by atoms with Gasteiger partial charge in [0, 0.05) is 0 Å². The smallest absolute Gasteiger partial charge is 0.397 e. The van der Waals surface area contributed by atoms with Crippen LogP contribution in [0.5, 0.6) is 0 Å². The number of carbonyl (C=O) groups excluding carboxylic acids is 1. The van der Waals surface area contributed by atoms with Gasteiger partial charge in [-0.15, -0.1) is 0 Å². The highest BCUT2D eigenvalue weighted by molar-refractivity contribution is 7.96. The quantitative estimate of drug-likeness (QED) is 0.114. The first-order chi connectivity index (χ1) is 22.5. The van der Waals surface area contributed by atoms with E-state index < -0.39 is 20.7 Å². The fourth-order valence-corrected chi connectivity index (χ4v) is 13.3. The molecule has 6 aromatic rings. The lowest BCUT2D eigenvalue weighted by atomic mass is 10.2. The molecule has 46 heavy (non-hydrogen) atoms. The van der Waals surface area contributed by atoms with Crippen LogP contribution in [0, 0.1) is 13.8 Å². The predicted molar refractivity (Wildman–Crippen MR) is 197 cm³/mol. The maximum Gasteiger partial charge on any atom is 0.514 e. The van der Waals surface area contributed by atoms with Gasteiger partial charge in [0.25, 0.3) is 0 Å². The molecule has 0 unspecified atom stereocenters. The van der Waals surface area contributed by atoms with Crippen LogP contribution in [0.1, 0.15) is 11.1 Å². The lowest BCUT2D eigenvalue weighted by Gasteiger charge is -2.28. The minimum absolute atomic E-state index is 0.190. The van der Waals surface area contributed by atoms with E-state index in [1.807, 2.05) is 24.3 Å². The second kappa shape index (κ2) is 14.3. The molecule has 0 radical (unpaired) electrons. The Balaban J connectivity index is 1.38. The summed E-state index contributed by atoms with van der Waals surface area (Å²) in [5.74, 6) is 0. The van der Waals surface area contributed by atoms with Gasteiger partial charge in [-0.1, -0.05) is 108 Å². The summed E-state index contributed by atoms with van der Waals surface area (Å²) >= 11 is 0. The van der Waals surface area contributed by atoms with E-state index in [1.54, 1.807) is 0 Å². The maximum atomic E-state index is 13.8. The molecule has 0 amide bonds. The van der Waals surface area contributed by atoms with Gasteiger partial charge in [0.05, 0.1) is 0 Å². The topological polar surface area (TPSA) is 35.5 Å². The fourth-order valence-electron chi connectivity index (χ4n) is 6.01. The first-order valence-electron chi connectivity index (χ1n) is 15.4. The first-order valence-corrected chi connectivity index (χ1v) is 19.4. The zero-order valence-corrected chi connectivity index (χ0v) is 28.0.